The fourth-order valence-electron chi connectivity index (χ4n) is 1.69. The number of nitrogens with zero attached hydrogens (tertiary/aromatic N) is 1. The molecule has 0 unspecified atom stereocenters. The van der Waals surface area contributed by atoms with E-state index in [9.17, 15) is 4.79 Å². The Morgan fingerprint density at radius 3 is 2.78 bits per heavy atom. The lowest BCUT2D eigenvalue weighted by atomic mass is 10.2. The summed E-state index contributed by atoms with van der Waals surface area (Å²) in [6.07, 6.45) is 0. The zero-order valence-electron chi connectivity index (χ0n) is 10.1. The zero-order chi connectivity index (χ0) is 13.1. The van der Waals surface area contributed by atoms with Crippen molar-refractivity contribution in [2.45, 2.75) is 12.8 Å². The van der Waals surface area contributed by atoms with E-state index >= 15 is 0 Å². The number of aromatic nitrogens is 2. The molecule has 0 aliphatic rings. The van der Waals surface area contributed by atoms with Crippen LogP contribution in [0.2, 0.25) is 0 Å². The van der Waals surface area contributed by atoms with Gasteiger partial charge in [0.1, 0.15) is 5.82 Å². The quantitative estimate of drug-likeness (QED) is 0.862. The molecule has 0 atom stereocenters. The van der Waals surface area contributed by atoms with Crippen LogP contribution in [0.3, 0.4) is 0 Å². The number of hydrogen-bond donors (Lipinski definition) is 1. The van der Waals surface area contributed by atoms with E-state index in [0.29, 0.717) is 34.8 Å². The molecule has 0 bridgehead atoms. The predicted octanol–water partition coefficient (Wildman–Crippen LogP) is 2.07. The van der Waals surface area contributed by atoms with Crippen LogP contribution in [0.4, 0.5) is 0 Å². The molecular weight excluding hydrogens is 256 g/mol. The average Bonchev–Trinajstić information content (AvgIpc) is 2.38. The number of H-pyrrole nitrogens is 1. The SMILES string of the molecule is CCOc1cc2c(=O)[nH]c(CCl)nc2cc1OC. The third kappa shape index (κ3) is 2.26. The molecule has 0 saturated carbocycles. The Balaban J connectivity index is 2.70. The molecule has 1 heterocycles. The predicted molar refractivity (Wildman–Crippen MR) is 69.6 cm³/mol. The Labute approximate surface area is 109 Å². The molecular formula is C12H13ClN2O3. The second-order valence-electron chi connectivity index (χ2n) is 3.60. The Kier molecular flexibility index (Phi) is 3.72. The summed E-state index contributed by atoms with van der Waals surface area (Å²) >= 11 is 5.67. The Hall–Kier alpha value is -1.75. The molecule has 0 aliphatic heterocycles. The molecule has 6 heteroatoms. The van der Waals surface area contributed by atoms with E-state index in [4.69, 9.17) is 21.1 Å². The van der Waals surface area contributed by atoms with Gasteiger partial charge in [0.25, 0.3) is 5.56 Å². The highest BCUT2D eigenvalue weighted by Gasteiger charge is 2.10. The van der Waals surface area contributed by atoms with Crippen LogP contribution in [-0.2, 0) is 5.88 Å². The lowest BCUT2D eigenvalue weighted by Crippen LogP contribution is -2.11. The second kappa shape index (κ2) is 5.27. The van der Waals surface area contributed by atoms with Crippen molar-refractivity contribution in [3.63, 3.8) is 0 Å². The van der Waals surface area contributed by atoms with E-state index in [1.54, 1.807) is 19.2 Å². The van der Waals surface area contributed by atoms with Crippen LogP contribution in [0.15, 0.2) is 16.9 Å². The van der Waals surface area contributed by atoms with Crippen molar-refractivity contribution in [3.05, 3.63) is 28.3 Å². The van der Waals surface area contributed by atoms with Crippen LogP contribution in [0.25, 0.3) is 10.9 Å². The summed E-state index contributed by atoms with van der Waals surface area (Å²) in [6, 6.07) is 3.30. The average molecular weight is 269 g/mol. The van der Waals surface area contributed by atoms with Crippen LogP contribution in [-0.4, -0.2) is 23.7 Å². The van der Waals surface area contributed by atoms with Crippen molar-refractivity contribution >= 4 is 22.5 Å². The second-order valence-corrected chi connectivity index (χ2v) is 3.87. The van der Waals surface area contributed by atoms with Crippen LogP contribution in [0, 0.1) is 0 Å². The standard InChI is InChI=1S/C12H13ClN2O3/c1-3-18-10-4-7-8(5-9(10)17-2)14-11(6-13)15-12(7)16/h4-5H,3,6H2,1-2H3,(H,14,15,16). The van der Waals surface area contributed by atoms with Gasteiger partial charge in [0.05, 0.1) is 30.5 Å². The normalized spacial score (nSPS) is 10.6. The first-order chi connectivity index (χ1) is 8.69. The maximum absolute atomic E-state index is 11.9. The lowest BCUT2D eigenvalue weighted by molar-refractivity contribution is 0.311. The molecule has 0 saturated heterocycles. The summed E-state index contributed by atoms with van der Waals surface area (Å²) in [5, 5.41) is 0.452. The third-order valence-corrected chi connectivity index (χ3v) is 2.72. The molecule has 0 spiro atoms. The van der Waals surface area contributed by atoms with Gasteiger partial charge in [-0.3, -0.25) is 4.79 Å². The highest BCUT2D eigenvalue weighted by molar-refractivity contribution is 6.16. The minimum Gasteiger partial charge on any atom is -0.493 e. The van der Waals surface area contributed by atoms with Crippen molar-refractivity contribution < 1.29 is 9.47 Å². The molecule has 1 aromatic heterocycles. The molecule has 0 fully saturated rings. The van der Waals surface area contributed by atoms with Crippen LogP contribution in [0.5, 0.6) is 11.5 Å². The summed E-state index contributed by atoms with van der Waals surface area (Å²) in [6.45, 7) is 2.36. The summed E-state index contributed by atoms with van der Waals surface area (Å²) in [7, 11) is 1.54. The van der Waals surface area contributed by atoms with Gasteiger partial charge in [-0.25, -0.2) is 4.98 Å². The first-order valence-corrected chi connectivity index (χ1v) is 6.02. The van der Waals surface area contributed by atoms with Crippen molar-refractivity contribution in [1.82, 2.24) is 9.97 Å². The monoisotopic (exact) mass is 268 g/mol. The molecule has 1 N–H and O–H groups in total. The smallest absolute Gasteiger partial charge is 0.258 e. The van der Waals surface area contributed by atoms with Gasteiger partial charge in [-0.15, -0.1) is 11.6 Å². The molecule has 2 aromatic rings. The van der Waals surface area contributed by atoms with E-state index < -0.39 is 0 Å². The fraction of sp³-hybridized carbons (Fsp3) is 0.333. The summed E-state index contributed by atoms with van der Waals surface area (Å²) in [5.74, 6) is 1.66. The van der Waals surface area contributed by atoms with Gasteiger partial charge in [0.2, 0.25) is 0 Å². The number of methoxy groups -OCH3 is 1. The van der Waals surface area contributed by atoms with Crippen molar-refractivity contribution in [2.24, 2.45) is 0 Å². The summed E-state index contributed by atoms with van der Waals surface area (Å²) in [4.78, 5) is 18.7. The van der Waals surface area contributed by atoms with Gasteiger partial charge in [0.15, 0.2) is 11.5 Å². The molecule has 5 nitrogen and oxygen atoms in total. The number of rotatable bonds is 4. The fourth-order valence-corrected chi connectivity index (χ4v) is 1.81. The van der Waals surface area contributed by atoms with E-state index in [1.807, 2.05) is 6.92 Å². The Morgan fingerprint density at radius 2 is 2.17 bits per heavy atom. The van der Waals surface area contributed by atoms with Crippen molar-refractivity contribution in [1.29, 1.82) is 0 Å². The van der Waals surface area contributed by atoms with Gasteiger partial charge in [-0.1, -0.05) is 0 Å². The molecule has 18 heavy (non-hydrogen) atoms. The van der Waals surface area contributed by atoms with Crippen LogP contribution >= 0.6 is 11.6 Å². The minimum atomic E-state index is -0.237. The Morgan fingerprint density at radius 1 is 1.39 bits per heavy atom. The maximum atomic E-state index is 11.9. The van der Waals surface area contributed by atoms with Crippen molar-refractivity contribution in [2.75, 3.05) is 13.7 Å². The lowest BCUT2D eigenvalue weighted by Gasteiger charge is -2.10. The first-order valence-electron chi connectivity index (χ1n) is 5.49. The number of alkyl halides is 1. The molecule has 0 aliphatic carbocycles. The number of nitrogens with one attached hydrogen (secondary N) is 1. The summed E-state index contributed by atoms with van der Waals surface area (Å²) in [5.41, 5.74) is 0.300. The van der Waals surface area contributed by atoms with Gasteiger partial charge in [-0.2, -0.15) is 0 Å². The van der Waals surface area contributed by atoms with Gasteiger partial charge < -0.3 is 14.5 Å². The molecule has 96 valence electrons. The maximum Gasteiger partial charge on any atom is 0.258 e. The van der Waals surface area contributed by atoms with E-state index in [1.165, 1.54) is 0 Å². The number of halogens is 1. The number of fused-ring (bicyclic) bond motifs is 1. The van der Waals surface area contributed by atoms with Gasteiger partial charge in [-0.05, 0) is 13.0 Å². The minimum absolute atomic E-state index is 0.153. The molecule has 0 amide bonds. The zero-order valence-corrected chi connectivity index (χ0v) is 10.9. The first kappa shape index (κ1) is 12.7. The number of benzene rings is 1. The number of aromatic amines is 1. The number of ether oxygens (including phenoxy) is 2. The third-order valence-electron chi connectivity index (χ3n) is 2.47. The topological polar surface area (TPSA) is 64.2 Å². The Bertz CT molecular complexity index is 624. The van der Waals surface area contributed by atoms with Gasteiger partial charge >= 0.3 is 0 Å². The van der Waals surface area contributed by atoms with Crippen LogP contribution in [0.1, 0.15) is 12.7 Å². The molecule has 2 rings (SSSR count). The highest BCUT2D eigenvalue weighted by atomic mass is 35.5. The summed E-state index contributed by atoms with van der Waals surface area (Å²) < 4.78 is 10.6. The van der Waals surface area contributed by atoms with E-state index in [2.05, 4.69) is 9.97 Å². The molecule has 0 radical (unpaired) electrons. The number of hydrogen-bond acceptors (Lipinski definition) is 4. The molecule has 1 aromatic carbocycles. The van der Waals surface area contributed by atoms with Crippen molar-refractivity contribution in [3.8, 4) is 11.5 Å². The van der Waals surface area contributed by atoms with Crippen LogP contribution < -0.4 is 15.0 Å². The highest BCUT2D eigenvalue weighted by Crippen LogP contribution is 2.30. The van der Waals surface area contributed by atoms with E-state index in [0.717, 1.165) is 0 Å². The largest absolute Gasteiger partial charge is 0.493 e. The van der Waals surface area contributed by atoms with E-state index in [-0.39, 0.29) is 11.4 Å². The van der Waals surface area contributed by atoms with Gasteiger partial charge in [0, 0.05) is 6.07 Å².